The van der Waals surface area contributed by atoms with Crippen LogP contribution in [0.1, 0.15) is 130 Å². The minimum absolute atomic E-state index is 0.514. The van der Waals surface area contributed by atoms with Crippen LogP contribution in [0.15, 0.2) is 48.7 Å². The predicted molar refractivity (Wildman–Crippen MR) is 181 cm³/mol. The van der Waals surface area contributed by atoms with Gasteiger partial charge in [-0.15, -0.1) is 0 Å². The fourth-order valence-corrected chi connectivity index (χ4v) is 6.22. The first-order valence-electron chi connectivity index (χ1n) is 17.2. The number of unbranched alkanes of at least 4 members (excludes halogenated alkanes) is 14. The summed E-state index contributed by atoms with van der Waals surface area (Å²) in [6, 6.07) is 13.3. The van der Waals surface area contributed by atoms with Crippen LogP contribution in [0.25, 0.3) is 21.8 Å². The monoisotopic (exact) mass is 573 g/mol. The van der Waals surface area contributed by atoms with E-state index in [0.29, 0.717) is 12.4 Å². The second-order valence-corrected chi connectivity index (χ2v) is 12.9. The van der Waals surface area contributed by atoms with Crippen LogP contribution in [0.3, 0.4) is 0 Å². The highest BCUT2D eigenvalue weighted by molar-refractivity contribution is 6.63. The van der Waals surface area contributed by atoms with Gasteiger partial charge in [0.1, 0.15) is 11.4 Å². The Bertz CT molecular complexity index is 1260. The number of nitrogens with zero attached hydrogens (tertiary/aromatic N) is 1. The van der Waals surface area contributed by atoms with Crippen LogP contribution in [-0.4, -0.2) is 23.9 Å². The van der Waals surface area contributed by atoms with Crippen molar-refractivity contribution in [3.63, 3.8) is 0 Å². The summed E-state index contributed by atoms with van der Waals surface area (Å²) in [5.41, 5.74) is 2.97. The minimum atomic E-state index is -0.529. The molecule has 0 atom stereocenters. The summed E-state index contributed by atoms with van der Waals surface area (Å²) >= 11 is 0. The molecular formula is C37H56BNO3. The van der Waals surface area contributed by atoms with Crippen molar-refractivity contribution >= 4 is 34.4 Å². The lowest BCUT2D eigenvalue weighted by atomic mass is 9.77. The highest BCUT2D eigenvalue weighted by Crippen LogP contribution is 2.35. The fraction of sp³-hybridized carbons (Fsp3) is 0.622. The van der Waals surface area contributed by atoms with Gasteiger partial charge in [-0.1, -0.05) is 129 Å². The molecule has 0 radical (unpaired) electrons. The summed E-state index contributed by atoms with van der Waals surface area (Å²) in [5.74, 6) is 1.54. The molecule has 1 fully saturated rings. The highest BCUT2D eigenvalue weighted by atomic mass is 16.7. The van der Waals surface area contributed by atoms with Gasteiger partial charge < -0.3 is 18.6 Å². The van der Waals surface area contributed by atoms with Crippen molar-refractivity contribution in [3.05, 3.63) is 48.7 Å². The van der Waals surface area contributed by atoms with Gasteiger partial charge in [0.25, 0.3) is 0 Å². The smallest absolute Gasteiger partial charge is 0.534 e. The summed E-state index contributed by atoms with van der Waals surface area (Å²) in [5, 5.41) is 2.51. The van der Waals surface area contributed by atoms with Crippen molar-refractivity contribution < 1.29 is 14.0 Å². The van der Waals surface area contributed by atoms with E-state index in [-0.39, 0.29) is 0 Å². The molecule has 2 aromatic carbocycles. The zero-order valence-electron chi connectivity index (χ0n) is 27.1. The number of hydrogen-bond donors (Lipinski definition) is 0. The lowest BCUT2D eigenvalue weighted by Crippen LogP contribution is -2.35. The van der Waals surface area contributed by atoms with E-state index in [1.807, 2.05) is 13.8 Å². The Hall–Kier alpha value is -2.40. The topological polar surface area (TPSA) is 32.6 Å². The highest BCUT2D eigenvalue weighted by Gasteiger charge is 2.44. The Labute approximate surface area is 256 Å². The Morgan fingerprint density at radius 1 is 0.738 bits per heavy atom. The Morgan fingerprint density at radius 3 is 1.95 bits per heavy atom. The van der Waals surface area contributed by atoms with Gasteiger partial charge in [0.2, 0.25) is 0 Å². The molecule has 0 unspecified atom stereocenters. The number of aryl methyl sites for hydroxylation is 1. The van der Waals surface area contributed by atoms with Gasteiger partial charge in [-0.25, -0.2) is 0 Å². The molecule has 1 aliphatic rings. The first-order valence-corrected chi connectivity index (χ1v) is 17.2. The molecule has 0 saturated carbocycles. The normalized spacial score (nSPS) is 14.8. The molecule has 230 valence electrons. The molecule has 42 heavy (non-hydrogen) atoms. The van der Waals surface area contributed by atoms with Crippen LogP contribution in [0.4, 0.5) is 0 Å². The second-order valence-electron chi connectivity index (χ2n) is 12.9. The number of para-hydroxylation sites is 1. The zero-order valence-corrected chi connectivity index (χ0v) is 27.1. The van der Waals surface area contributed by atoms with Gasteiger partial charge in [0.05, 0.1) is 17.9 Å². The van der Waals surface area contributed by atoms with Crippen molar-refractivity contribution in [1.82, 2.24) is 4.57 Å². The number of benzene rings is 2. The summed E-state index contributed by atoms with van der Waals surface area (Å²) in [4.78, 5) is 0. The van der Waals surface area contributed by atoms with Crippen LogP contribution in [0, 0.1) is 0 Å². The molecular weight excluding hydrogens is 517 g/mol. The Morgan fingerprint density at radius 2 is 1.33 bits per heavy atom. The molecule has 1 aliphatic heterocycles. The SMILES string of the molecule is C=C1OB(c2cc3c4ccccc4n(CCCCCCCCCC)c3cc2OCCCCCCCCCC)OC1(C)C. The third kappa shape index (κ3) is 8.59. The van der Waals surface area contributed by atoms with Crippen molar-refractivity contribution in [3.8, 4) is 5.75 Å². The van der Waals surface area contributed by atoms with Gasteiger partial charge >= 0.3 is 7.12 Å². The van der Waals surface area contributed by atoms with Crippen molar-refractivity contribution in [1.29, 1.82) is 0 Å². The maximum Gasteiger partial charge on any atom is 0.567 e. The molecule has 2 heterocycles. The van der Waals surface area contributed by atoms with E-state index < -0.39 is 12.7 Å². The van der Waals surface area contributed by atoms with Crippen LogP contribution < -0.4 is 10.2 Å². The molecule has 1 aromatic heterocycles. The fourth-order valence-electron chi connectivity index (χ4n) is 6.22. The van der Waals surface area contributed by atoms with E-state index in [9.17, 15) is 0 Å². The zero-order chi connectivity index (χ0) is 29.8. The van der Waals surface area contributed by atoms with Crippen LogP contribution >= 0.6 is 0 Å². The molecule has 0 aliphatic carbocycles. The van der Waals surface area contributed by atoms with Gasteiger partial charge in [-0.2, -0.15) is 0 Å². The molecule has 5 heteroatoms. The molecule has 4 nitrogen and oxygen atoms in total. The molecule has 3 aromatic rings. The summed E-state index contributed by atoms with van der Waals surface area (Å²) in [6.07, 6.45) is 20.9. The van der Waals surface area contributed by atoms with E-state index in [1.54, 1.807) is 0 Å². The van der Waals surface area contributed by atoms with Crippen molar-refractivity contribution in [2.24, 2.45) is 0 Å². The van der Waals surface area contributed by atoms with E-state index >= 15 is 0 Å². The largest absolute Gasteiger partial charge is 0.567 e. The second kappa shape index (κ2) is 16.5. The minimum Gasteiger partial charge on any atom is -0.534 e. The Balaban J connectivity index is 1.51. The lowest BCUT2D eigenvalue weighted by Gasteiger charge is -2.17. The first-order chi connectivity index (χ1) is 20.5. The number of rotatable bonds is 20. The van der Waals surface area contributed by atoms with Gasteiger partial charge in [-0.05, 0) is 38.8 Å². The van der Waals surface area contributed by atoms with Crippen LogP contribution in [0.2, 0.25) is 0 Å². The van der Waals surface area contributed by atoms with Gasteiger partial charge in [0.15, 0.2) is 0 Å². The van der Waals surface area contributed by atoms with E-state index in [1.165, 1.54) is 118 Å². The maximum absolute atomic E-state index is 6.54. The quantitative estimate of drug-likeness (QED) is 0.0996. The van der Waals surface area contributed by atoms with E-state index in [4.69, 9.17) is 14.0 Å². The molecule has 0 spiro atoms. The molecule has 1 saturated heterocycles. The number of aromatic nitrogens is 1. The molecule has 4 rings (SSSR count). The number of ether oxygens (including phenoxy) is 1. The van der Waals surface area contributed by atoms with Crippen molar-refractivity contribution in [2.45, 2.75) is 143 Å². The van der Waals surface area contributed by atoms with Crippen LogP contribution in [-0.2, 0) is 15.9 Å². The van der Waals surface area contributed by atoms with Crippen molar-refractivity contribution in [2.75, 3.05) is 6.61 Å². The third-order valence-electron chi connectivity index (χ3n) is 8.97. The molecule has 0 amide bonds. The number of hydrogen-bond acceptors (Lipinski definition) is 3. The predicted octanol–water partition coefficient (Wildman–Crippen LogP) is 10.5. The standard InChI is InChI=1S/C37H56BNO3/c1-6-8-10-12-14-16-18-22-26-39-34-25-21-20-24-31(34)32-28-33(38-41-30(3)37(4,5)42-38)36(29-35(32)39)40-27-23-19-17-15-13-11-9-7-2/h20-21,24-25,28-29H,3,6-19,22-23,26-27H2,1-2,4-5H3. The van der Waals surface area contributed by atoms with Gasteiger partial charge in [-0.3, -0.25) is 0 Å². The van der Waals surface area contributed by atoms with E-state index in [0.717, 1.165) is 24.2 Å². The summed E-state index contributed by atoms with van der Waals surface area (Å²) < 4.78 is 21.6. The van der Waals surface area contributed by atoms with Gasteiger partial charge in [0, 0.05) is 34.4 Å². The average molecular weight is 574 g/mol. The first kappa shape index (κ1) is 32.5. The average Bonchev–Trinajstić information content (AvgIpc) is 3.44. The third-order valence-corrected chi connectivity index (χ3v) is 8.97. The summed E-state index contributed by atoms with van der Waals surface area (Å²) in [7, 11) is -0.514. The van der Waals surface area contributed by atoms with Crippen LogP contribution in [0.5, 0.6) is 5.75 Å². The molecule has 0 N–H and O–H groups in total. The summed E-state index contributed by atoms with van der Waals surface area (Å²) in [6.45, 7) is 14.5. The molecule has 0 bridgehead atoms. The van der Waals surface area contributed by atoms with E-state index in [2.05, 4.69) is 61.4 Å². The Kier molecular flexibility index (Phi) is 12.7. The lowest BCUT2D eigenvalue weighted by molar-refractivity contribution is 0.172. The number of fused-ring (bicyclic) bond motifs is 3. The maximum atomic E-state index is 6.54.